The molecular formula is C15H19NO. The van der Waals surface area contributed by atoms with Crippen molar-refractivity contribution in [3.8, 4) is 0 Å². The summed E-state index contributed by atoms with van der Waals surface area (Å²) in [6.45, 7) is 4.59. The van der Waals surface area contributed by atoms with Crippen LogP contribution in [0.4, 0.5) is 0 Å². The lowest BCUT2D eigenvalue weighted by atomic mass is 9.71. The minimum absolute atomic E-state index is 0.280. The average Bonchev–Trinajstić information content (AvgIpc) is 2.35. The third-order valence-electron chi connectivity index (χ3n) is 3.76. The Labute approximate surface area is 103 Å². The van der Waals surface area contributed by atoms with Gasteiger partial charge in [-0.05, 0) is 25.5 Å². The topological polar surface area (TPSA) is 20.3 Å². The summed E-state index contributed by atoms with van der Waals surface area (Å²) in [7, 11) is 2.04. The normalized spacial score (nSPS) is 23.5. The molecule has 0 bridgehead atoms. The number of carbonyl (C=O) groups excluding carboxylic acids is 1. The molecule has 1 aliphatic rings. The molecule has 0 heterocycles. The lowest BCUT2D eigenvalue weighted by Gasteiger charge is -2.46. The molecule has 17 heavy (non-hydrogen) atoms. The fourth-order valence-corrected chi connectivity index (χ4v) is 2.54. The number of hydrogen-bond donors (Lipinski definition) is 0. The molecule has 1 atom stereocenters. The van der Waals surface area contributed by atoms with Gasteiger partial charge in [-0.3, -0.25) is 9.69 Å². The summed E-state index contributed by atoms with van der Waals surface area (Å²) < 4.78 is 0. The largest absolute Gasteiger partial charge is 0.298 e. The predicted molar refractivity (Wildman–Crippen MR) is 69.7 cm³/mol. The standard InChI is InChI=1S/C15H19NO/c1-3-10-15(11-9-14(15)17)16(2)12-13-7-5-4-6-8-13/h3-8H,1,9-12H2,2H3. The van der Waals surface area contributed by atoms with Crippen LogP contribution < -0.4 is 0 Å². The number of hydrogen-bond acceptors (Lipinski definition) is 2. The Bertz CT molecular complexity index is 412. The monoisotopic (exact) mass is 229 g/mol. The van der Waals surface area contributed by atoms with E-state index in [0.29, 0.717) is 12.2 Å². The van der Waals surface area contributed by atoms with E-state index in [1.54, 1.807) is 0 Å². The van der Waals surface area contributed by atoms with Crippen molar-refractivity contribution in [3.05, 3.63) is 48.6 Å². The molecule has 0 aromatic heterocycles. The second-order valence-corrected chi connectivity index (χ2v) is 4.79. The molecule has 1 saturated carbocycles. The fraction of sp³-hybridized carbons (Fsp3) is 0.400. The van der Waals surface area contributed by atoms with E-state index in [0.717, 1.165) is 19.4 Å². The van der Waals surface area contributed by atoms with Crippen molar-refractivity contribution in [2.45, 2.75) is 31.3 Å². The molecular weight excluding hydrogens is 210 g/mol. The van der Waals surface area contributed by atoms with Gasteiger partial charge in [0.15, 0.2) is 5.78 Å². The van der Waals surface area contributed by atoms with E-state index in [1.807, 2.05) is 31.3 Å². The number of rotatable bonds is 5. The molecule has 0 aliphatic heterocycles. The lowest BCUT2D eigenvalue weighted by molar-refractivity contribution is -0.141. The Balaban J connectivity index is 2.10. The van der Waals surface area contributed by atoms with Gasteiger partial charge in [-0.2, -0.15) is 0 Å². The van der Waals surface area contributed by atoms with E-state index in [4.69, 9.17) is 0 Å². The maximum Gasteiger partial charge on any atom is 0.153 e. The van der Waals surface area contributed by atoms with Crippen LogP contribution in [0, 0.1) is 0 Å². The summed E-state index contributed by atoms with van der Waals surface area (Å²) in [5, 5.41) is 0. The van der Waals surface area contributed by atoms with Crippen LogP contribution in [0.3, 0.4) is 0 Å². The third-order valence-corrected chi connectivity index (χ3v) is 3.76. The Hall–Kier alpha value is -1.41. The minimum Gasteiger partial charge on any atom is -0.298 e. The Kier molecular flexibility index (Phi) is 3.43. The van der Waals surface area contributed by atoms with Crippen molar-refractivity contribution in [1.82, 2.24) is 4.90 Å². The van der Waals surface area contributed by atoms with Crippen molar-refractivity contribution >= 4 is 5.78 Å². The third kappa shape index (κ3) is 2.18. The van der Waals surface area contributed by atoms with E-state index >= 15 is 0 Å². The van der Waals surface area contributed by atoms with Crippen LogP contribution in [-0.2, 0) is 11.3 Å². The summed E-state index contributed by atoms with van der Waals surface area (Å²) in [5.74, 6) is 0.357. The Morgan fingerprint density at radius 1 is 1.41 bits per heavy atom. The first-order valence-corrected chi connectivity index (χ1v) is 6.08. The lowest BCUT2D eigenvalue weighted by Crippen LogP contribution is -2.58. The Morgan fingerprint density at radius 2 is 2.12 bits per heavy atom. The van der Waals surface area contributed by atoms with E-state index in [1.165, 1.54) is 5.56 Å². The number of nitrogens with zero attached hydrogens (tertiary/aromatic N) is 1. The van der Waals surface area contributed by atoms with Crippen LogP contribution in [0.1, 0.15) is 24.8 Å². The number of Topliss-reactive ketones (excluding diaryl/α,β-unsaturated/α-hetero) is 1. The van der Waals surface area contributed by atoms with Gasteiger partial charge >= 0.3 is 0 Å². The summed E-state index contributed by atoms with van der Waals surface area (Å²) in [6.07, 6.45) is 4.29. The van der Waals surface area contributed by atoms with Gasteiger partial charge in [0, 0.05) is 13.0 Å². The van der Waals surface area contributed by atoms with Gasteiger partial charge in [0.2, 0.25) is 0 Å². The molecule has 0 amide bonds. The summed E-state index contributed by atoms with van der Waals surface area (Å²) in [5.41, 5.74) is 0.968. The van der Waals surface area contributed by atoms with Crippen LogP contribution in [0.5, 0.6) is 0 Å². The van der Waals surface area contributed by atoms with Gasteiger partial charge in [-0.1, -0.05) is 36.4 Å². The van der Waals surface area contributed by atoms with Crippen molar-refractivity contribution in [3.63, 3.8) is 0 Å². The smallest absolute Gasteiger partial charge is 0.153 e. The zero-order chi connectivity index (χ0) is 12.3. The molecule has 1 fully saturated rings. The van der Waals surface area contributed by atoms with Crippen LogP contribution in [0.25, 0.3) is 0 Å². The molecule has 2 nitrogen and oxygen atoms in total. The molecule has 1 aromatic carbocycles. The first-order valence-electron chi connectivity index (χ1n) is 6.08. The first kappa shape index (κ1) is 12.1. The molecule has 0 spiro atoms. The predicted octanol–water partition coefficient (Wildman–Crippen LogP) is 2.80. The van der Waals surface area contributed by atoms with Crippen LogP contribution >= 0.6 is 0 Å². The maximum atomic E-state index is 11.9. The zero-order valence-corrected chi connectivity index (χ0v) is 10.4. The van der Waals surface area contributed by atoms with E-state index in [2.05, 4.69) is 23.6 Å². The van der Waals surface area contributed by atoms with Gasteiger partial charge < -0.3 is 0 Å². The highest BCUT2D eigenvalue weighted by atomic mass is 16.1. The second-order valence-electron chi connectivity index (χ2n) is 4.79. The van der Waals surface area contributed by atoms with Gasteiger partial charge in [0.05, 0.1) is 5.54 Å². The summed E-state index contributed by atoms with van der Waals surface area (Å²) >= 11 is 0. The van der Waals surface area contributed by atoms with Crippen LogP contribution in [0.2, 0.25) is 0 Å². The summed E-state index contributed by atoms with van der Waals surface area (Å²) in [6, 6.07) is 10.3. The van der Waals surface area contributed by atoms with Crippen molar-refractivity contribution in [2.75, 3.05) is 7.05 Å². The number of benzene rings is 1. The van der Waals surface area contributed by atoms with Gasteiger partial charge in [-0.25, -0.2) is 0 Å². The highest BCUT2D eigenvalue weighted by Gasteiger charge is 2.47. The van der Waals surface area contributed by atoms with Crippen molar-refractivity contribution < 1.29 is 4.79 Å². The van der Waals surface area contributed by atoms with E-state index < -0.39 is 0 Å². The minimum atomic E-state index is -0.280. The number of likely N-dealkylation sites (N-methyl/N-ethyl adjacent to an activating group) is 1. The van der Waals surface area contributed by atoms with Gasteiger partial charge in [0.1, 0.15) is 0 Å². The Morgan fingerprint density at radius 3 is 2.59 bits per heavy atom. The number of carbonyl (C=O) groups is 1. The van der Waals surface area contributed by atoms with E-state index in [9.17, 15) is 4.79 Å². The molecule has 1 unspecified atom stereocenters. The van der Waals surface area contributed by atoms with Gasteiger partial charge in [0.25, 0.3) is 0 Å². The maximum absolute atomic E-state index is 11.9. The highest BCUT2D eigenvalue weighted by molar-refractivity contribution is 5.94. The van der Waals surface area contributed by atoms with Crippen molar-refractivity contribution in [2.24, 2.45) is 0 Å². The molecule has 2 heteroatoms. The molecule has 1 aliphatic carbocycles. The van der Waals surface area contributed by atoms with Crippen LogP contribution in [-0.4, -0.2) is 23.3 Å². The van der Waals surface area contributed by atoms with Crippen molar-refractivity contribution in [1.29, 1.82) is 0 Å². The van der Waals surface area contributed by atoms with Crippen LogP contribution in [0.15, 0.2) is 43.0 Å². The fourth-order valence-electron chi connectivity index (χ4n) is 2.54. The first-order chi connectivity index (χ1) is 8.19. The molecule has 0 radical (unpaired) electrons. The SMILES string of the molecule is C=CCC1(N(C)Cc2ccccc2)CCC1=O. The average molecular weight is 229 g/mol. The second kappa shape index (κ2) is 4.84. The van der Waals surface area contributed by atoms with E-state index in [-0.39, 0.29) is 5.54 Å². The molecule has 0 saturated heterocycles. The molecule has 1 aromatic rings. The van der Waals surface area contributed by atoms with Gasteiger partial charge in [-0.15, -0.1) is 6.58 Å². The zero-order valence-electron chi connectivity index (χ0n) is 10.4. The molecule has 2 rings (SSSR count). The number of ketones is 1. The summed E-state index contributed by atoms with van der Waals surface area (Å²) in [4.78, 5) is 14.1. The highest BCUT2D eigenvalue weighted by Crippen LogP contribution is 2.37. The quantitative estimate of drug-likeness (QED) is 0.724. The molecule has 90 valence electrons. The molecule has 0 N–H and O–H groups in total.